The highest BCUT2D eigenvalue weighted by Crippen LogP contribution is 2.17. The molecule has 0 bridgehead atoms. The number of amides is 1. The number of rotatable bonds is 6. The summed E-state index contributed by atoms with van der Waals surface area (Å²) >= 11 is 0. The van der Waals surface area contributed by atoms with E-state index in [1.54, 1.807) is 30.3 Å². The van der Waals surface area contributed by atoms with Crippen molar-refractivity contribution in [1.82, 2.24) is 5.32 Å². The molecular formula is C16H14N2O6. The summed E-state index contributed by atoms with van der Waals surface area (Å²) in [7, 11) is 0. The molecule has 0 heterocycles. The van der Waals surface area contributed by atoms with Crippen LogP contribution in [0.25, 0.3) is 0 Å². The molecule has 2 N–H and O–H groups in total. The first-order valence-corrected chi connectivity index (χ1v) is 6.95. The van der Waals surface area contributed by atoms with Crippen LogP contribution >= 0.6 is 0 Å². The minimum atomic E-state index is -1.19. The number of nitro benzene ring substituents is 1. The van der Waals surface area contributed by atoms with Crippen LogP contribution in [-0.4, -0.2) is 28.1 Å². The van der Waals surface area contributed by atoms with Gasteiger partial charge in [0, 0.05) is 18.6 Å². The van der Waals surface area contributed by atoms with Crippen LogP contribution in [0.3, 0.4) is 0 Å². The van der Waals surface area contributed by atoms with Gasteiger partial charge in [0.2, 0.25) is 0 Å². The number of carbonyl (C=O) groups is 2. The molecule has 0 unspecified atom stereocenters. The van der Waals surface area contributed by atoms with Crippen molar-refractivity contribution in [1.29, 1.82) is 0 Å². The summed E-state index contributed by atoms with van der Waals surface area (Å²) < 4.78 is 4.93. The topological polar surface area (TPSA) is 119 Å². The minimum absolute atomic E-state index is 0.0712. The second-order valence-electron chi connectivity index (χ2n) is 4.87. The fourth-order valence-corrected chi connectivity index (χ4v) is 1.96. The van der Waals surface area contributed by atoms with E-state index in [0.717, 1.165) is 5.56 Å². The van der Waals surface area contributed by atoms with Crippen LogP contribution in [0.5, 0.6) is 5.75 Å². The van der Waals surface area contributed by atoms with Gasteiger partial charge in [-0.05, 0) is 17.7 Å². The Morgan fingerprint density at radius 2 is 1.75 bits per heavy atom. The molecule has 8 nitrogen and oxygen atoms in total. The smallest absolute Gasteiger partial charge is 0.413 e. The number of carbonyl (C=O) groups excluding carboxylic acids is 1. The summed E-state index contributed by atoms with van der Waals surface area (Å²) in [4.78, 5) is 33.0. The van der Waals surface area contributed by atoms with Crippen LogP contribution in [0, 0.1) is 10.1 Å². The van der Waals surface area contributed by atoms with E-state index in [9.17, 15) is 24.8 Å². The number of aliphatic carboxylic acids is 1. The number of non-ortho nitro benzene ring substituents is 1. The molecule has 0 aromatic heterocycles. The van der Waals surface area contributed by atoms with E-state index in [4.69, 9.17) is 4.74 Å². The van der Waals surface area contributed by atoms with Gasteiger partial charge in [0.15, 0.2) is 0 Å². The maximum Gasteiger partial charge on any atom is 0.413 e. The molecule has 0 aliphatic rings. The number of nitrogens with zero attached hydrogens (tertiary/aromatic N) is 1. The molecule has 0 aliphatic carbocycles. The van der Waals surface area contributed by atoms with Gasteiger partial charge in [-0.15, -0.1) is 0 Å². The van der Waals surface area contributed by atoms with Gasteiger partial charge in [0.05, 0.1) is 4.92 Å². The summed E-state index contributed by atoms with van der Waals surface area (Å²) in [5.41, 5.74) is 0.607. The highest BCUT2D eigenvalue weighted by atomic mass is 16.6. The van der Waals surface area contributed by atoms with E-state index in [1.165, 1.54) is 24.3 Å². The molecule has 0 fully saturated rings. The van der Waals surface area contributed by atoms with Gasteiger partial charge < -0.3 is 15.2 Å². The number of carboxylic acids is 1. The van der Waals surface area contributed by atoms with Gasteiger partial charge in [-0.25, -0.2) is 9.59 Å². The molecule has 2 aromatic rings. The Kier molecular flexibility index (Phi) is 5.45. The van der Waals surface area contributed by atoms with Gasteiger partial charge in [-0.1, -0.05) is 30.3 Å². The predicted molar refractivity (Wildman–Crippen MR) is 83.8 cm³/mol. The molecule has 8 heteroatoms. The van der Waals surface area contributed by atoms with E-state index < -0.39 is 23.0 Å². The van der Waals surface area contributed by atoms with Crippen LogP contribution in [-0.2, 0) is 11.2 Å². The Morgan fingerprint density at radius 3 is 2.29 bits per heavy atom. The Morgan fingerprint density at radius 1 is 1.12 bits per heavy atom. The number of ether oxygens (including phenoxy) is 1. The van der Waals surface area contributed by atoms with Gasteiger partial charge in [0.25, 0.3) is 5.69 Å². The largest absolute Gasteiger partial charge is 0.480 e. The molecule has 1 amide bonds. The molecule has 0 saturated heterocycles. The standard InChI is InChI=1S/C16H14N2O6/c19-15(20)14(10-11-4-2-1-3-5-11)17-16(21)24-13-8-6-12(7-9-13)18(22)23/h1-9,14H,10H2,(H,17,21)(H,19,20)/t14-/m0/s1. The number of hydrogen-bond acceptors (Lipinski definition) is 5. The average molecular weight is 330 g/mol. The number of nitro groups is 1. The summed E-state index contributed by atoms with van der Waals surface area (Å²) in [5, 5.41) is 22.0. The summed E-state index contributed by atoms with van der Waals surface area (Å²) in [5.74, 6) is -1.12. The molecule has 124 valence electrons. The number of benzene rings is 2. The van der Waals surface area contributed by atoms with Crippen molar-refractivity contribution in [3.8, 4) is 5.75 Å². The van der Waals surface area contributed by atoms with Crippen molar-refractivity contribution in [3.63, 3.8) is 0 Å². The van der Waals surface area contributed by atoms with Crippen molar-refractivity contribution in [3.05, 3.63) is 70.3 Å². The SMILES string of the molecule is O=C(N[C@@H](Cc1ccccc1)C(=O)O)Oc1ccc([N+](=O)[O-])cc1. The quantitative estimate of drug-likeness (QED) is 0.620. The molecule has 1 atom stereocenters. The maximum atomic E-state index is 11.8. The fourth-order valence-electron chi connectivity index (χ4n) is 1.96. The monoisotopic (exact) mass is 330 g/mol. The van der Waals surface area contributed by atoms with Crippen LogP contribution < -0.4 is 10.1 Å². The lowest BCUT2D eigenvalue weighted by Gasteiger charge is -2.14. The molecule has 0 saturated carbocycles. The average Bonchev–Trinajstić information content (AvgIpc) is 2.55. The van der Waals surface area contributed by atoms with E-state index in [1.807, 2.05) is 0 Å². The van der Waals surface area contributed by atoms with E-state index in [2.05, 4.69) is 5.32 Å². The Hall–Kier alpha value is -3.42. The second-order valence-corrected chi connectivity index (χ2v) is 4.87. The van der Waals surface area contributed by atoms with Crippen molar-refractivity contribution in [2.45, 2.75) is 12.5 Å². The zero-order valence-corrected chi connectivity index (χ0v) is 12.4. The molecule has 0 spiro atoms. The molecule has 2 aromatic carbocycles. The molecule has 2 rings (SSSR count). The summed E-state index contributed by atoms with van der Waals surface area (Å²) in [6.45, 7) is 0. The number of nitrogens with one attached hydrogen (secondary N) is 1. The first-order valence-electron chi connectivity index (χ1n) is 6.95. The third-order valence-electron chi connectivity index (χ3n) is 3.13. The van der Waals surface area contributed by atoms with E-state index >= 15 is 0 Å². The fraction of sp³-hybridized carbons (Fsp3) is 0.125. The Bertz CT molecular complexity index is 730. The van der Waals surface area contributed by atoms with Crippen molar-refractivity contribution < 1.29 is 24.4 Å². The van der Waals surface area contributed by atoms with Crippen LogP contribution in [0.1, 0.15) is 5.56 Å². The lowest BCUT2D eigenvalue weighted by atomic mass is 10.1. The van der Waals surface area contributed by atoms with Gasteiger partial charge >= 0.3 is 12.1 Å². The zero-order valence-electron chi connectivity index (χ0n) is 12.4. The molecule has 24 heavy (non-hydrogen) atoms. The van der Waals surface area contributed by atoms with Crippen LogP contribution in [0.4, 0.5) is 10.5 Å². The van der Waals surface area contributed by atoms with Crippen LogP contribution in [0.15, 0.2) is 54.6 Å². The third-order valence-corrected chi connectivity index (χ3v) is 3.13. The van der Waals surface area contributed by atoms with Crippen molar-refractivity contribution in [2.24, 2.45) is 0 Å². The number of carboxylic acid groups (broad SMARTS) is 1. The summed E-state index contributed by atoms with van der Waals surface area (Å²) in [6, 6.07) is 12.6. The third kappa shape index (κ3) is 4.80. The van der Waals surface area contributed by atoms with Gasteiger partial charge in [0.1, 0.15) is 11.8 Å². The zero-order chi connectivity index (χ0) is 17.5. The van der Waals surface area contributed by atoms with Crippen molar-refractivity contribution in [2.75, 3.05) is 0 Å². The molecule has 0 radical (unpaired) electrons. The normalized spacial score (nSPS) is 11.3. The highest BCUT2D eigenvalue weighted by molar-refractivity contribution is 5.81. The first-order chi connectivity index (χ1) is 11.5. The molecular weight excluding hydrogens is 316 g/mol. The van der Waals surface area contributed by atoms with E-state index in [0.29, 0.717) is 0 Å². The first kappa shape index (κ1) is 16.9. The Labute approximate surface area is 136 Å². The van der Waals surface area contributed by atoms with Gasteiger partial charge in [-0.2, -0.15) is 0 Å². The lowest BCUT2D eigenvalue weighted by molar-refractivity contribution is -0.384. The number of hydrogen-bond donors (Lipinski definition) is 2. The second kappa shape index (κ2) is 7.73. The Balaban J connectivity index is 1.97. The highest BCUT2D eigenvalue weighted by Gasteiger charge is 2.21. The summed E-state index contributed by atoms with van der Waals surface area (Å²) in [6.07, 6.45) is -0.849. The van der Waals surface area contributed by atoms with Gasteiger partial charge in [-0.3, -0.25) is 10.1 Å². The molecule has 0 aliphatic heterocycles. The predicted octanol–water partition coefficient (Wildman–Crippen LogP) is 2.38. The van der Waals surface area contributed by atoms with Crippen molar-refractivity contribution >= 4 is 17.7 Å². The minimum Gasteiger partial charge on any atom is -0.480 e. The maximum absolute atomic E-state index is 11.8. The van der Waals surface area contributed by atoms with E-state index in [-0.39, 0.29) is 17.9 Å². The lowest BCUT2D eigenvalue weighted by Crippen LogP contribution is -2.43. The van der Waals surface area contributed by atoms with Crippen LogP contribution in [0.2, 0.25) is 0 Å².